The number of aromatic nitrogens is 2. The number of carbonyl (C=O) groups is 1. The molecule has 0 radical (unpaired) electrons. The highest BCUT2D eigenvalue weighted by Crippen LogP contribution is 2.40. The Hall–Kier alpha value is -3.84. The number of allylic oxidation sites excluding steroid dienone is 4. The van der Waals surface area contributed by atoms with Gasteiger partial charge < -0.3 is 5.32 Å². The smallest absolute Gasteiger partial charge is 0.251 e. The maximum atomic E-state index is 12.9. The molecule has 4 heteroatoms. The van der Waals surface area contributed by atoms with E-state index in [1.54, 1.807) is 10.9 Å². The van der Waals surface area contributed by atoms with Crippen LogP contribution in [0.15, 0.2) is 90.3 Å². The molecule has 1 heterocycles. The lowest BCUT2D eigenvalue weighted by Gasteiger charge is -2.25. The highest BCUT2D eigenvalue weighted by Gasteiger charge is 2.27. The number of carbonyl (C=O) groups excluding carboxylic acids is 1. The van der Waals surface area contributed by atoms with Crippen molar-refractivity contribution in [3.63, 3.8) is 0 Å². The second-order valence-electron chi connectivity index (χ2n) is 8.72. The summed E-state index contributed by atoms with van der Waals surface area (Å²) in [5.41, 5.74) is 6.00. The van der Waals surface area contributed by atoms with Crippen LogP contribution in [0, 0.1) is 17.3 Å². The van der Waals surface area contributed by atoms with Gasteiger partial charge in [0.2, 0.25) is 0 Å². The van der Waals surface area contributed by atoms with E-state index < -0.39 is 0 Å². The fraction of sp³-hybridized carbons (Fsp3) is 0.241. The van der Waals surface area contributed by atoms with E-state index in [-0.39, 0.29) is 11.3 Å². The zero-order valence-corrected chi connectivity index (χ0v) is 19.4. The molecule has 3 aromatic rings. The van der Waals surface area contributed by atoms with Crippen molar-refractivity contribution in [2.45, 2.75) is 33.6 Å². The number of hydrogen-bond donors (Lipinski definition) is 1. The van der Waals surface area contributed by atoms with Crippen LogP contribution in [0.4, 0.5) is 0 Å². The zero-order valence-electron chi connectivity index (χ0n) is 19.4. The standard InChI is InChI=1S/C29H29N3O/c1-22-15-17-29(3,23(22)2)16-7-18-30-28(33)26-13-14-27(32-20-8-19-31-32)25(21-26)12-11-24-9-5-4-6-10-24/h4-6,8-10,13-15,17,19-21H,7,16,18H2,1-3H3,(H,30,33). The molecular weight excluding hydrogens is 406 g/mol. The first-order valence-electron chi connectivity index (χ1n) is 11.3. The molecule has 0 saturated heterocycles. The molecule has 33 heavy (non-hydrogen) atoms. The summed E-state index contributed by atoms with van der Waals surface area (Å²) in [6.07, 6.45) is 10.0. The van der Waals surface area contributed by atoms with Crippen LogP contribution in [0.2, 0.25) is 0 Å². The Labute approximate surface area is 196 Å². The average Bonchev–Trinajstić information content (AvgIpc) is 3.46. The minimum absolute atomic E-state index is 0.0830. The number of nitrogens with zero attached hydrogens (tertiary/aromatic N) is 2. The van der Waals surface area contributed by atoms with E-state index in [0.717, 1.165) is 29.7 Å². The van der Waals surface area contributed by atoms with E-state index in [9.17, 15) is 4.79 Å². The van der Waals surface area contributed by atoms with Gasteiger partial charge in [-0.1, -0.05) is 60.3 Å². The van der Waals surface area contributed by atoms with Gasteiger partial charge in [-0.25, -0.2) is 4.68 Å². The fourth-order valence-corrected chi connectivity index (χ4v) is 4.09. The molecule has 1 aliphatic rings. The number of rotatable bonds is 6. The first-order valence-corrected chi connectivity index (χ1v) is 11.3. The van der Waals surface area contributed by atoms with Gasteiger partial charge in [0, 0.05) is 35.5 Å². The topological polar surface area (TPSA) is 46.9 Å². The van der Waals surface area contributed by atoms with Crippen molar-refractivity contribution in [2.24, 2.45) is 5.41 Å². The second-order valence-corrected chi connectivity index (χ2v) is 8.72. The summed E-state index contributed by atoms with van der Waals surface area (Å²) >= 11 is 0. The maximum Gasteiger partial charge on any atom is 0.251 e. The molecule has 1 atom stereocenters. The highest BCUT2D eigenvalue weighted by atomic mass is 16.1. The average molecular weight is 436 g/mol. The number of benzene rings is 2. The summed E-state index contributed by atoms with van der Waals surface area (Å²) < 4.78 is 1.77. The number of hydrogen-bond acceptors (Lipinski definition) is 2. The quantitative estimate of drug-likeness (QED) is 0.399. The summed E-state index contributed by atoms with van der Waals surface area (Å²) in [5.74, 6) is 6.34. The van der Waals surface area contributed by atoms with Crippen LogP contribution >= 0.6 is 0 Å². The lowest BCUT2D eigenvalue weighted by molar-refractivity contribution is 0.0952. The molecule has 1 N–H and O–H groups in total. The van der Waals surface area contributed by atoms with Crippen molar-refractivity contribution in [3.05, 3.63) is 107 Å². The Kier molecular flexibility index (Phi) is 6.60. The molecule has 1 aromatic heterocycles. The van der Waals surface area contributed by atoms with Crippen molar-refractivity contribution in [1.29, 1.82) is 0 Å². The molecule has 1 amide bonds. The Morgan fingerprint density at radius 2 is 1.91 bits per heavy atom. The Balaban J connectivity index is 1.47. The monoisotopic (exact) mass is 435 g/mol. The second kappa shape index (κ2) is 9.75. The van der Waals surface area contributed by atoms with E-state index in [4.69, 9.17) is 0 Å². The number of nitrogens with one attached hydrogen (secondary N) is 1. The number of amides is 1. The van der Waals surface area contributed by atoms with Crippen LogP contribution < -0.4 is 5.32 Å². The normalized spacial score (nSPS) is 17.1. The van der Waals surface area contributed by atoms with Gasteiger partial charge in [-0.3, -0.25) is 4.79 Å². The van der Waals surface area contributed by atoms with Crippen LogP contribution in [0.1, 0.15) is 55.1 Å². The zero-order chi connectivity index (χ0) is 23.3. The Morgan fingerprint density at radius 3 is 2.61 bits per heavy atom. The summed E-state index contributed by atoms with van der Waals surface area (Å²) in [7, 11) is 0. The van der Waals surface area contributed by atoms with Crippen molar-refractivity contribution < 1.29 is 4.79 Å². The Morgan fingerprint density at radius 1 is 1.09 bits per heavy atom. The van der Waals surface area contributed by atoms with E-state index in [1.807, 2.05) is 60.8 Å². The largest absolute Gasteiger partial charge is 0.352 e. The molecule has 0 aliphatic heterocycles. The third-order valence-corrected chi connectivity index (χ3v) is 6.43. The van der Waals surface area contributed by atoms with Gasteiger partial charge in [-0.15, -0.1) is 0 Å². The molecule has 4 rings (SSSR count). The van der Waals surface area contributed by atoms with Gasteiger partial charge in [0.15, 0.2) is 0 Å². The summed E-state index contributed by atoms with van der Waals surface area (Å²) in [6, 6.07) is 17.3. The van der Waals surface area contributed by atoms with Crippen molar-refractivity contribution in [3.8, 4) is 17.5 Å². The molecule has 0 bridgehead atoms. The van der Waals surface area contributed by atoms with Crippen LogP contribution in [0.3, 0.4) is 0 Å². The third-order valence-electron chi connectivity index (χ3n) is 6.43. The lowest BCUT2D eigenvalue weighted by atomic mass is 9.80. The van der Waals surface area contributed by atoms with Gasteiger partial charge in [-0.2, -0.15) is 5.10 Å². The predicted octanol–water partition coefficient (Wildman–Crippen LogP) is 5.69. The van der Waals surface area contributed by atoms with E-state index >= 15 is 0 Å². The fourth-order valence-electron chi connectivity index (χ4n) is 4.09. The van der Waals surface area contributed by atoms with E-state index in [2.05, 4.69) is 55.2 Å². The summed E-state index contributed by atoms with van der Waals surface area (Å²) in [5, 5.41) is 7.40. The van der Waals surface area contributed by atoms with Crippen molar-refractivity contribution in [1.82, 2.24) is 15.1 Å². The van der Waals surface area contributed by atoms with Gasteiger partial charge in [0.1, 0.15) is 0 Å². The molecule has 0 fully saturated rings. The van der Waals surface area contributed by atoms with Gasteiger partial charge in [0.25, 0.3) is 5.91 Å². The molecule has 166 valence electrons. The molecular formula is C29H29N3O. The predicted molar refractivity (Wildman–Crippen MR) is 133 cm³/mol. The first kappa shape index (κ1) is 22.4. The molecule has 1 unspecified atom stereocenters. The van der Waals surface area contributed by atoms with Crippen LogP contribution in [-0.4, -0.2) is 22.2 Å². The highest BCUT2D eigenvalue weighted by molar-refractivity contribution is 5.95. The van der Waals surface area contributed by atoms with Crippen molar-refractivity contribution in [2.75, 3.05) is 6.54 Å². The molecule has 2 aromatic carbocycles. The molecule has 1 aliphatic carbocycles. The van der Waals surface area contributed by atoms with Crippen LogP contribution in [0.25, 0.3) is 5.69 Å². The first-order chi connectivity index (χ1) is 16.0. The summed E-state index contributed by atoms with van der Waals surface area (Å²) in [6.45, 7) is 7.26. The molecule has 4 nitrogen and oxygen atoms in total. The van der Waals surface area contributed by atoms with E-state index in [0.29, 0.717) is 12.1 Å². The Bertz CT molecular complexity index is 1260. The van der Waals surface area contributed by atoms with Crippen LogP contribution in [0.5, 0.6) is 0 Å². The lowest BCUT2D eigenvalue weighted by Crippen LogP contribution is -2.26. The van der Waals surface area contributed by atoms with Crippen molar-refractivity contribution >= 4 is 5.91 Å². The minimum atomic E-state index is -0.0830. The third kappa shape index (κ3) is 5.15. The maximum absolute atomic E-state index is 12.9. The van der Waals surface area contributed by atoms with Crippen LogP contribution in [-0.2, 0) is 0 Å². The molecule has 0 saturated carbocycles. The molecule has 0 spiro atoms. The SMILES string of the molecule is CC1=C(C)C(C)(CCCNC(=O)c2ccc(-n3cccn3)c(C#Cc3ccccc3)c2)C=C1. The van der Waals surface area contributed by atoms with E-state index in [1.165, 1.54) is 11.1 Å². The van der Waals surface area contributed by atoms with Gasteiger partial charge >= 0.3 is 0 Å². The van der Waals surface area contributed by atoms with Gasteiger partial charge in [-0.05, 0) is 63.1 Å². The summed E-state index contributed by atoms with van der Waals surface area (Å²) in [4.78, 5) is 12.9. The minimum Gasteiger partial charge on any atom is -0.352 e. The van der Waals surface area contributed by atoms with Gasteiger partial charge in [0.05, 0.1) is 11.3 Å².